The minimum Gasteiger partial charge on any atom is -0.445 e. The fourth-order valence-electron chi connectivity index (χ4n) is 5.45. The van der Waals surface area contributed by atoms with Gasteiger partial charge in [0.2, 0.25) is 0 Å². The van der Waals surface area contributed by atoms with E-state index in [0.717, 1.165) is 62.4 Å². The van der Waals surface area contributed by atoms with Crippen molar-refractivity contribution in [2.75, 3.05) is 57.9 Å². The van der Waals surface area contributed by atoms with Crippen LogP contribution in [-0.2, 0) is 34.2 Å². The number of carbonyl (C=O) groups is 1. The van der Waals surface area contributed by atoms with Crippen LogP contribution in [0.3, 0.4) is 0 Å². The first-order chi connectivity index (χ1) is 24.0. The van der Waals surface area contributed by atoms with Crippen molar-refractivity contribution in [1.29, 1.82) is 0 Å². The lowest BCUT2D eigenvalue weighted by Crippen LogP contribution is -2.45. The van der Waals surface area contributed by atoms with E-state index in [1.54, 1.807) is 10.9 Å². The third kappa shape index (κ3) is 13.8. The second-order valence-corrected chi connectivity index (χ2v) is 32.9. The van der Waals surface area contributed by atoms with Crippen LogP contribution in [0, 0.1) is 11.5 Å². The van der Waals surface area contributed by atoms with Gasteiger partial charge in [0.25, 0.3) is 0 Å². The molecule has 1 saturated heterocycles. The van der Waals surface area contributed by atoms with Gasteiger partial charge < -0.3 is 14.2 Å². The molecule has 1 N–H and O–H groups in total. The number of amides is 1. The molecule has 3 heterocycles. The molecule has 1 amide bonds. The molecular formula is C37H61N7O4Si3. The maximum atomic E-state index is 12.7. The maximum absolute atomic E-state index is 12.7. The standard InChI is InChI=1S/C37H61N7O4Si3/c1-11-20-48-37(45)39-33-28-43(29-46-21-24-50(5,6)7)40-35(33)36-38-32-14-13-31(26-34(32)44(36)30-47-22-25-51(8,9)10)27-42-18-16-41(17-19-42)15-12-23-49(2,3)4/h11,13-14,26,28H,1,15-22,24-25,27,29-30H2,2-10H3,(H,39,45). The van der Waals surface area contributed by atoms with Gasteiger partial charge in [-0.05, 0) is 29.8 Å². The molecule has 4 rings (SSSR count). The number of aromatic nitrogens is 4. The number of piperazine rings is 1. The summed E-state index contributed by atoms with van der Waals surface area (Å²) in [6.07, 6.45) is 2.72. The maximum Gasteiger partial charge on any atom is 0.412 e. The van der Waals surface area contributed by atoms with Gasteiger partial charge in [-0.3, -0.25) is 19.7 Å². The van der Waals surface area contributed by atoms with E-state index in [9.17, 15) is 4.79 Å². The minimum absolute atomic E-state index is 0.100. The van der Waals surface area contributed by atoms with E-state index in [-0.39, 0.29) is 13.3 Å². The summed E-state index contributed by atoms with van der Waals surface area (Å²) in [5.41, 5.74) is 7.54. The van der Waals surface area contributed by atoms with Crippen LogP contribution < -0.4 is 5.32 Å². The van der Waals surface area contributed by atoms with Crippen LogP contribution >= 0.6 is 0 Å². The number of ether oxygens (including phenoxy) is 3. The summed E-state index contributed by atoms with van der Waals surface area (Å²) in [6.45, 7) is 32.3. The van der Waals surface area contributed by atoms with Crippen LogP contribution in [-0.4, -0.2) is 112 Å². The Balaban J connectivity index is 1.61. The Kier molecular flexibility index (Phi) is 14.5. The Morgan fingerprint density at radius 3 is 2.22 bits per heavy atom. The highest BCUT2D eigenvalue weighted by atomic mass is 28.3. The summed E-state index contributed by atoms with van der Waals surface area (Å²) in [5.74, 6) is 4.04. The number of fused-ring (bicyclic) bond motifs is 1. The van der Waals surface area contributed by atoms with Gasteiger partial charge in [0.1, 0.15) is 28.1 Å². The summed E-state index contributed by atoms with van der Waals surface area (Å²) in [7, 11) is -3.88. The SMILES string of the molecule is C=CCOC(=O)Nc1cn(COCC[Si](C)(C)C)nc1-c1nc2ccc(CN3CCN(CC#C[Si](C)(C)C)CC3)cc2n1COCC[Si](C)(C)C. The van der Waals surface area contributed by atoms with E-state index in [1.807, 2.05) is 0 Å². The molecule has 1 aliphatic heterocycles. The number of benzene rings is 1. The second-order valence-electron chi connectivity index (χ2n) is 16.9. The van der Waals surface area contributed by atoms with Crippen LogP contribution in [0.2, 0.25) is 71.0 Å². The number of hydrogen-bond acceptors (Lipinski definition) is 8. The van der Waals surface area contributed by atoms with Crippen molar-refractivity contribution in [2.24, 2.45) is 0 Å². The summed E-state index contributed by atoms with van der Waals surface area (Å²) in [4.78, 5) is 22.8. The fourth-order valence-corrected chi connectivity index (χ4v) is 7.58. The van der Waals surface area contributed by atoms with Crippen LogP contribution in [0.4, 0.5) is 10.5 Å². The third-order valence-electron chi connectivity index (χ3n) is 8.43. The zero-order valence-electron chi connectivity index (χ0n) is 32.6. The lowest BCUT2D eigenvalue weighted by Gasteiger charge is -2.33. The van der Waals surface area contributed by atoms with Crippen LogP contribution in [0.1, 0.15) is 5.56 Å². The first-order valence-corrected chi connectivity index (χ1v) is 29.1. The van der Waals surface area contributed by atoms with Crippen molar-refractivity contribution >= 4 is 47.0 Å². The van der Waals surface area contributed by atoms with Crippen molar-refractivity contribution in [3.05, 3.63) is 42.6 Å². The molecule has 0 radical (unpaired) electrons. The highest BCUT2D eigenvalue weighted by Crippen LogP contribution is 2.31. The van der Waals surface area contributed by atoms with Gasteiger partial charge >= 0.3 is 6.09 Å². The van der Waals surface area contributed by atoms with Crippen LogP contribution in [0.25, 0.3) is 22.6 Å². The van der Waals surface area contributed by atoms with E-state index < -0.39 is 30.3 Å². The molecule has 1 fully saturated rings. The first-order valence-electron chi connectivity index (χ1n) is 18.2. The van der Waals surface area contributed by atoms with Gasteiger partial charge in [0.05, 0.1) is 29.5 Å². The average molecular weight is 752 g/mol. The topological polar surface area (TPSA) is 98.9 Å². The van der Waals surface area contributed by atoms with Crippen molar-refractivity contribution in [3.63, 3.8) is 0 Å². The number of nitrogens with one attached hydrogen (secondary N) is 1. The molecule has 0 unspecified atom stereocenters. The third-order valence-corrected chi connectivity index (χ3v) is 12.8. The molecule has 51 heavy (non-hydrogen) atoms. The van der Waals surface area contributed by atoms with Crippen molar-refractivity contribution in [1.82, 2.24) is 29.1 Å². The molecule has 3 aromatic rings. The summed E-state index contributed by atoms with van der Waals surface area (Å²) < 4.78 is 21.4. The molecule has 11 nitrogen and oxygen atoms in total. The lowest BCUT2D eigenvalue weighted by atomic mass is 10.1. The Labute approximate surface area is 308 Å². The summed E-state index contributed by atoms with van der Waals surface area (Å²) >= 11 is 0. The quantitative estimate of drug-likeness (QED) is 0.0667. The van der Waals surface area contributed by atoms with Gasteiger partial charge in [-0.15, -0.1) is 5.54 Å². The van der Waals surface area contributed by atoms with Crippen LogP contribution in [0.5, 0.6) is 0 Å². The summed E-state index contributed by atoms with van der Waals surface area (Å²) in [5, 5.41) is 7.77. The molecule has 0 spiro atoms. The Morgan fingerprint density at radius 1 is 0.941 bits per heavy atom. The van der Waals surface area contributed by atoms with Crippen molar-refractivity contribution in [3.8, 4) is 23.0 Å². The number of imidazole rings is 1. The predicted octanol–water partition coefficient (Wildman–Crippen LogP) is 7.26. The van der Waals surface area contributed by atoms with E-state index in [2.05, 4.69) is 115 Å². The van der Waals surface area contributed by atoms with Crippen molar-refractivity contribution in [2.45, 2.75) is 91.0 Å². The predicted molar refractivity (Wildman–Crippen MR) is 217 cm³/mol. The second kappa shape index (κ2) is 18.1. The molecule has 2 aromatic heterocycles. The van der Waals surface area contributed by atoms with Gasteiger partial charge in [-0.2, -0.15) is 5.10 Å². The number of nitrogens with zero attached hydrogens (tertiary/aromatic N) is 6. The fraction of sp³-hybridized carbons (Fsp3) is 0.595. The Morgan fingerprint density at radius 2 is 1.59 bits per heavy atom. The smallest absolute Gasteiger partial charge is 0.412 e. The van der Waals surface area contributed by atoms with E-state index >= 15 is 0 Å². The number of rotatable bonds is 17. The highest BCUT2D eigenvalue weighted by Gasteiger charge is 2.23. The normalized spacial score (nSPS) is 14.8. The highest BCUT2D eigenvalue weighted by molar-refractivity contribution is 6.83. The molecule has 280 valence electrons. The largest absolute Gasteiger partial charge is 0.445 e. The van der Waals surface area contributed by atoms with E-state index in [1.165, 1.54) is 11.6 Å². The van der Waals surface area contributed by atoms with Gasteiger partial charge in [0.15, 0.2) is 11.5 Å². The van der Waals surface area contributed by atoms with Gasteiger partial charge in [0, 0.05) is 62.1 Å². The zero-order chi connectivity index (χ0) is 37.2. The average Bonchev–Trinajstić information content (AvgIpc) is 3.60. The molecule has 0 bridgehead atoms. The lowest BCUT2D eigenvalue weighted by molar-refractivity contribution is 0.0786. The molecule has 0 atom stereocenters. The Bertz CT molecular complexity index is 1670. The van der Waals surface area contributed by atoms with E-state index in [4.69, 9.17) is 24.3 Å². The molecule has 0 saturated carbocycles. The molecule has 14 heteroatoms. The number of carbonyl (C=O) groups excluding carboxylic acids is 1. The van der Waals surface area contributed by atoms with Crippen molar-refractivity contribution < 1.29 is 19.0 Å². The monoisotopic (exact) mass is 751 g/mol. The molecule has 1 aliphatic rings. The van der Waals surface area contributed by atoms with Gasteiger partial charge in [-0.25, -0.2) is 14.5 Å². The molecule has 1 aromatic carbocycles. The summed E-state index contributed by atoms with van der Waals surface area (Å²) in [6, 6.07) is 8.58. The molecule has 0 aliphatic carbocycles. The van der Waals surface area contributed by atoms with Crippen LogP contribution in [0.15, 0.2) is 37.1 Å². The minimum atomic E-state index is -1.35. The first kappa shape index (κ1) is 40.7. The molecular weight excluding hydrogens is 691 g/mol. The number of anilines is 1. The van der Waals surface area contributed by atoms with Gasteiger partial charge in [-0.1, -0.05) is 83.6 Å². The number of hydrogen-bond donors (Lipinski definition) is 1. The Hall–Kier alpha value is -3.04. The van der Waals surface area contributed by atoms with E-state index in [0.29, 0.717) is 37.2 Å². The zero-order valence-corrected chi connectivity index (χ0v) is 35.6.